The number of aryl methyl sites for hydroxylation is 1. The van der Waals surface area contributed by atoms with E-state index in [9.17, 15) is 0 Å². The Hall–Kier alpha value is -2.48. The maximum Gasteiger partial charge on any atom is 0.204 e. The minimum absolute atomic E-state index is 1.04. The van der Waals surface area contributed by atoms with Gasteiger partial charge in [0.1, 0.15) is 7.05 Å². The molecule has 0 aliphatic heterocycles. The first kappa shape index (κ1) is 11.6. The van der Waals surface area contributed by atoms with Gasteiger partial charge in [-0.3, -0.25) is 4.98 Å². The molecule has 0 unspecified atom stereocenters. The molecule has 0 bridgehead atoms. The van der Waals surface area contributed by atoms with Gasteiger partial charge in [-0.05, 0) is 18.2 Å². The number of hydrogen-bond acceptors (Lipinski definition) is 1. The van der Waals surface area contributed by atoms with Crippen molar-refractivity contribution in [1.82, 2.24) is 4.98 Å². The van der Waals surface area contributed by atoms with E-state index in [2.05, 4.69) is 52.0 Å². The smallest absolute Gasteiger partial charge is 0.204 e. The van der Waals surface area contributed by atoms with Crippen LogP contribution in [0.15, 0.2) is 60.9 Å². The van der Waals surface area contributed by atoms with Crippen LogP contribution in [0.4, 0.5) is 0 Å². The van der Waals surface area contributed by atoms with Gasteiger partial charge in [0.25, 0.3) is 0 Å². The molecular weight excluding hydrogens is 232 g/mol. The minimum atomic E-state index is 1.04. The summed E-state index contributed by atoms with van der Waals surface area (Å²) in [6, 6.07) is 16.5. The summed E-state index contributed by atoms with van der Waals surface area (Å²) < 4.78 is 2.09. The van der Waals surface area contributed by atoms with Crippen LogP contribution in [0.3, 0.4) is 0 Å². The number of rotatable bonds is 2. The normalized spacial score (nSPS) is 11.2. The summed E-state index contributed by atoms with van der Waals surface area (Å²) in [6.07, 6.45) is 8.11. The van der Waals surface area contributed by atoms with Crippen molar-refractivity contribution in [3.63, 3.8) is 0 Å². The summed E-state index contributed by atoms with van der Waals surface area (Å²) in [5, 5.41) is 1.17. The first-order valence-corrected chi connectivity index (χ1v) is 6.31. The number of nitrogens with zero attached hydrogens (tertiary/aromatic N) is 2. The zero-order valence-electron chi connectivity index (χ0n) is 10.8. The molecule has 3 rings (SSSR count). The molecule has 0 atom stereocenters. The average molecular weight is 247 g/mol. The van der Waals surface area contributed by atoms with Gasteiger partial charge in [-0.2, -0.15) is 0 Å². The predicted molar refractivity (Wildman–Crippen MR) is 78.3 cm³/mol. The number of pyridine rings is 2. The molecule has 92 valence electrons. The molecule has 2 heteroatoms. The van der Waals surface area contributed by atoms with Crippen molar-refractivity contribution < 1.29 is 4.57 Å². The molecule has 0 amide bonds. The number of hydrogen-bond donors (Lipinski definition) is 0. The fourth-order valence-corrected chi connectivity index (χ4v) is 2.15. The highest BCUT2D eigenvalue weighted by Gasteiger charge is 2.01. The zero-order valence-corrected chi connectivity index (χ0v) is 10.8. The lowest BCUT2D eigenvalue weighted by Gasteiger charge is -2.00. The van der Waals surface area contributed by atoms with E-state index < -0.39 is 0 Å². The fraction of sp³-hybridized carbons (Fsp3) is 0.0588. The summed E-state index contributed by atoms with van der Waals surface area (Å²) in [5.74, 6) is 0. The molecule has 0 N–H and O–H groups in total. The molecule has 1 aromatic carbocycles. The van der Waals surface area contributed by atoms with Crippen molar-refractivity contribution in [3.8, 4) is 0 Å². The first-order valence-electron chi connectivity index (χ1n) is 6.31. The van der Waals surface area contributed by atoms with E-state index in [1.165, 1.54) is 5.39 Å². The fourth-order valence-electron chi connectivity index (χ4n) is 2.15. The molecule has 2 heterocycles. The zero-order chi connectivity index (χ0) is 13.1. The minimum Gasteiger partial charge on any atom is -0.256 e. The van der Waals surface area contributed by atoms with Crippen molar-refractivity contribution in [2.45, 2.75) is 0 Å². The maximum absolute atomic E-state index is 4.46. The quantitative estimate of drug-likeness (QED) is 0.635. The molecular formula is C17H15N2+. The van der Waals surface area contributed by atoms with Gasteiger partial charge < -0.3 is 0 Å². The highest BCUT2D eigenvalue weighted by atomic mass is 14.9. The highest BCUT2D eigenvalue weighted by Crippen LogP contribution is 2.17. The average Bonchev–Trinajstić information content (AvgIpc) is 2.46. The Morgan fingerprint density at radius 2 is 1.84 bits per heavy atom. The van der Waals surface area contributed by atoms with Gasteiger partial charge >= 0.3 is 0 Å². The molecule has 0 spiro atoms. The largest absolute Gasteiger partial charge is 0.256 e. The SMILES string of the molecule is C[n+]1ccccc1/C=C/c1cccc2cccnc12. The Morgan fingerprint density at radius 3 is 2.74 bits per heavy atom. The lowest BCUT2D eigenvalue weighted by atomic mass is 10.1. The van der Waals surface area contributed by atoms with Gasteiger partial charge in [0.15, 0.2) is 6.20 Å². The predicted octanol–water partition coefficient (Wildman–Crippen LogP) is 3.23. The van der Waals surface area contributed by atoms with Crippen LogP contribution in [0.5, 0.6) is 0 Å². The van der Waals surface area contributed by atoms with E-state index >= 15 is 0 Å². The summed E-state index contributed by atoms with van der Waals surface area (Å²) >= 11 is 0. The van der Waals surface area contributed by atoms with Crippen LogP contribution in [0.1, 0.15) is 11.3 Å². The maximum atomic E-state index is 4.46. The van der Waals surface area contributed by atoms with Gasteiger partial charge in [-0.25, -0.2) is 4.57 Å². The van der Waals surface area contributed by atoms with Crippen molar-refractivity contribution in [2.75, 3.05) is 0 Å². The molecule has 0 aliphatic carbocycles. The standard InChI is InChI=1S/C17H15N2/c1-19-13-3-2-9-16(19)11-10-15-7-4-6-14-8-5-12-18-17(14)15/h2-13H,1H3/q+1. The Morgan fingerprint density at radius 1 is 0.947 bits per heavy atom. The third-order valence-electron chi connectivity index (χ3n) is 3.19. The van der Waals surface area contributed by atoms with Crippen molar-refractivity contribution in [1.29, 1.82) is 0 Å². The third kappa shape index (κ3) is 2.38. The summed E-state index contributed by atoms with van der Waals surface area (Å²) in [4.78, 5) is 4.46. The summed E-state index contributed by atoms with van der Waals surface area (Å²) in [7, 11) is 2.04. The van der Waals surface area contributed by atoms with Crippen LogP contribution in [-0.4, -0.2) is 4.98 Å². The van der Waals surface area contributed by atoms with Gasteiger partial charge in [0, 0.05) is 35.4 Å². The summed E-state index contributed by atoms with van der Waals surface area (Å²) in [6.45, 7) is 0. The van der Waals surface area contributed by atoms with Crippen LogP contribution in [0, 0.1) is 0 Å². The van der Waals surface area contributed by atoms with Crippen molar-refractivity contribution >= 4 is 23.1 Å². The third-order valence-corrected chi connectivity index (χ3v) is 3.19. The molecule has 2 aromatic heterocycles. The van der Waals surface area contributed by atoms with E-state index in [0.717, 1.165) is 16.8 Å². The van der Waals surface area contributed by atoms with Crippen LogP contribution in [-0.2, 0) is 7.05 Å². The van der Waals surface area contributed by atoms with E-state index in [0.29, 0.717) is 0 Å². The van der Waals surface area contributed by atoms with E-state index in [-0.39, 0.29) is 0 Å². The number of para-hydroxylation sites is 1. The van der Waals surface area contributed by atoms with Crippen LogP contribution in [0.2, 0.25) is 0 Å². The number of aromatic nitrogens is 2. The van der Waals surface area contributed by atoms with Crippen LogP contribution < -0.4 is 4.57 Å². The molecule has 19 heavy (non-hydrogen) atoms. The number of fused-ring (bicyclic) bond motifs is 1. The Kier molecular flexibility index (Phi) is 3.07. The van der Waals surface area contributed by atoms with Gasteiger partial charge in [0.2, 0.25) is 5.69 Å². The first-order chi connectivity index (χ1) is 9.34. The molecule has 0 radical (unpaired) electrons. The van der Waals surface area contributed by atoms with Gasteiger partial charge in [0.05, 0.1) is 5.52 Å². The monoisotopic (exact) mass is 247 g/mol. The van der Waals surface area contributed by atoms with E-state index in [1.807, 2.05) is 37.6 Å². The second-order valence-electron chi connectivity index (χ2n) is 4.49. The lowest BCUT2D eigenvalue weighted by Crippen LogP contribution is -2.30. The molecule has 0 aliphatic rings. The van der Waals surface area contributed by atoms with Gasteiger partial charge in [-0.1, -0.05) is 24.3 Å². The van der Waals surface area contributed by atoms with Crippen LogP contribution >= 0.6 is 0 Å². The lowest BCUT2D eigenvalue weighted by molar-refractivity contribution is -0.673. The topological polar surface area (TPSA) is 16.8 Å². The summed E-state index contributed by atoms with van der Waals surface area (Å²) in [5.41, 5.74) is 3.34. The van der Waals surface area contributed by atoms with Crippen molar-refractivity contribution in [2.24, 2.45) is 7.05 Å². The Balaban J connectivity index is 2.04. The molecule has 0 saturated carbocycles. The second kappa shape index (κ2) is 5.02. The molecule has 0 fully saturated rings. The molecule has 0 saturated heterocycles. The molecule has 2 nitrogen and oxygen atoms in total. The highest BCUT2D eigenvalue weighted by molar-refractivity contribution is 5.89. The van der Waals surface area contributed by atoms with Crippen molar-refractivity contribution in [3.05, 3.63) is 72.2 Å². The van der Waals surface area contributed by atoms with E-state index in [4.69, 9.17) is 0 Å². The molecule has 3 aromatic rings. The second-order valence-corrected chi connectivity index (χ2v) is 4.49. The van der Waals surface area contributed by atoms with Gasteiger partial charge in [-0.15, -0.1) is 0 Å². The van der Waals surface area contributed by atoms with E-state index in [1.54, 1.807) is 0 Å². The number of benzene rings is 1. The van der Waals surface area contributed by atoms with Crippen LogP contribution in [0.25, 0.3) is 23.1 Å². The Labute approximate surface area is 112 Å². The Bertz CT molecular complexity index is 740.